The first-order valence-corrected chi connectivity index (χ1v) is 7.50. The van der Waals surface area contributed by atoms with Crippen molar-refractivity contribution in [3.05, 3.63) is 12.4 Å². The fourth-order valence-electron chi connectivity index (χ4n) is 2.12. The molecule has 1 saturated heterocycles. The third-order valence-electron chi connectivity index (χ3n) is 3.33. The molecule has 2 unspecified atom stereocenters. The highest BCUT2D eigenvalue weighted by molar-refractivity contribution is 7.89. The fraction of sp³-hybridized carbons (Fsp3) is 0.636. The summed E-state index contributed by atoms with van der Waals surface area (Å²) in [7, 11) is -0.339. The zero-order valence-electron chi connectivity index (χ0n) is 11.2. The molecule has 1 aromatic heterocycles. The monoisotopic (exact) mass is 286 g/mol. The van der Waals surface area contributed by atoms with Gasteiger partial charge in [0.2, 0.25) is 16.0 Å². The summed E-state index contributed by atoms with van der Waals surface area (Å²) in [6, 6.07) is -0.144. The normalized spacial score (nSPS) is 23.8. The van der Waals surface area contributed by atoms with Gasteiger partial charge in [-0.2, -0.15) is 4.31 Å². The van der Waals surface area contributed by atoms with Crippen LogP contribution in [0.3, 0.4) is 0 Å². The molecule has 19 heavy (non-hydrogen) atoms. The van der Waals surface area contributed by atoms with Crippen molar-refractivity contribution in [2.75, 3.05) is 26.0 Å². The lowest BCUT2D eigenvalue weighted by Gasteiger charge is -2.25. The molecule has 8 heteroatoms. The Labute approximate surface area is 113 Å². The van der Waals surface area contributed by atoms with Crippen LogP contribution in [0.1, 0.15) is 13.3 Å². The molecule has 2 atom stereocenters. The number of nitrogens with one attached hydrogen (secondary N) is 1. The average Bonchev–Trinajstić information content (AvgIpc) is 2.84. The van der Waals surface area contributed by atoms with E-state index in [1.54, 1.807) is 14.1 Å². The molecule has 0 radical (unpaired) electrons. The molecule has 0 aliphatic carbocycles. The average molecular weight is 286 g/mol. The maximum Gasteiger partial charge on any atom is 0.246 e. The molecule has 1 aromatic rings. The zero-order chi connectivity index (χ0) is 14.0. The van der Waals surface area contributed by atoms with E-state index in [4.69, 9.17) is 4.74 Å². The molecule has 0 aromatic carbocycles. The first kappa shape index (κ1) is 14.2. The van der Waals surface area contributed by atoms with Gasteiger partial charge in [-0.15, -0.1) is 0 Å². The quantitative estimate of drug-likeness (QED) is 0.858. The molecule has 0 amide bonds. The molecule has 1 aliphatic heterocycles. The number of aromatic nitrogens is 2. The standard InChI is InChI=1S/C11H18N4O3S/c1-8-10(4-5-18-8)15(3)19(16,17)9-6-13-11(12-2)14-7-9/h6-8,10H,4-5H2,1-3H3,(H,12,13,14). The van der Waals surface area contributed by atoms with Gasteiger partial charge in [-0.3, -0.25) is 0 Å². The molecular formula is C11H18N4O3S. The lowest BCUT2D eigenvalue weighted by atomic mass is 10.2. The Kier molecular flexibility index (Phi) is 4.02. The molecule has 1 fully saturated rings. The molecule has 0 bridgehead atoms. The van der Waals surface area contributed by atoms with Gasteiger partial charge in [0.1, 0.15) is 4.90 Å². The van der Waals surface area contributed by atoms with Crippen LogP contribution in [-0.4, -0.2) is 55.5 Å². The highest BCUT2D eigenvalue weighted by Crippen LogP contribution is 2.24. The van der Waals surface area contributed by atoms with Crippen LogP contribution in [0.25, 0.3) is 0 Å². The van der Waals surface area contributed by atoms with E-state index in [2.05, 4.69) is 15.3 Å². The van der Waals surface area contributed by atoms with Crippen LogP contribution in [0, 0.1) is 0 Å². The number of hydrogen-bond donors (Lipinski definition) is 1. The maximum atomic E-state index is 12.4. The predicted octanol–water partition coefficient (Wildman–Crippen LogP) is 0.316. The van der Waals surface area contributed by atoms with Crippen molar-refractivity contribution < 1.29 is 13.2 Å². The summed E-state index contributed by atoms with van der Waals surface area (Å²) in [5.74, 6) is 0.388. The number of likely N-dealkylation sites (N-methyl/N-ethyl adjacent to an activating group) is 1. The maximum absolute atomic E-state index is 12.4. The minimum absolute atomic E-state index is 0.0908. The number of nitrogens with zero attached hydrogens (tertiary/aromatic N) is 3. The fourth-order valence-corrected chi connectivity index (χ4v) is 3.46. The third kappa shape index (κ3) is 2.70. The molecule has 1 aliphatic rings. The topological polar surface area (TPSA) is 84.4 Å². The van der Waals surface area contributed by atoms with Gasteiger partial charge < -0.3 is 10.1 Å². The van der Waals surface area contributed by atoms with Gasteiger partial charge in [0.15, 0.2) is 0 Å². The molecule has 0 spiro atoms. The Hall–Kier alpha value is -1.25. The van der Waals surface area contributed by atoms with Crippen LogP contribution in [0.15, 0.2) is 17.3 Å². The van der Waals surface area contributed by atoms with Crippen molar-refractivity contribution in [1.82, 2.24) is 14.3 Å². The van der Waals surface area contributed by atoms with Crippen molar-refractivity contribution in [3.8, 4) is 0 Å². The van der Waals surface area contributed by atoms with Gasteiger partial charge in [0.25, 0.3) is 0 Å². The van der Waals surface area contributed by atoms with Gasteiger partial charge in [-0.25, -0.2) is 18.4 Å². The van der Waals surface area contributed by atoms with Crippen molar-refractivity contribution in [2.24, 2.45) is 0 Å². The highest BCUT2D eigenvalue weighted by Gasteiger charge is 2.35. The zero-order valence-corrected chi connectivity index (χ0v) is 12.0. The van der Waals surface area contributed by atoms with Gasteiger partial charge in [-0.05, 0) is 13.3 Å². The Morgan fingerprint density at radius 3 is 2.53 bits per heavy atom. The van der Waals surface area contributed by atoms with Crippen LogP contribution in [0.4, 0.5) is 5.95 Å². The molecular weight excluding hydrogens is 268 g/mol. The summed E-state index contributed by atoms with van der Waals surface area (Å²) in [5, 5.41) is 2.75. The molecule has 2 rings (SSSR count). The van der Waals surface area contributed by atoms with Gasteiger partial charge in [-0.1, -0.05) is 0 Å². The van der Waals surface area contributed by atoms with Crippen molar-refractivity contribution in [2.45, 2.75) is 30.4 Å². The lowest BCUT2D eigenvalue weighted by Crippen LogP contribution is -2.41. The van der Waals surface area contributed by atoms with Crippen LogP contribution in [0.5, 0.6) is 0 Å². The smallest absolute Gasteiger partial charge is 0.246 e. The highest BCUT2D eigenvalue weighted by atomic mass is 32.2. The largest absolute Gasteiger partial charge is 0.377 e. The Morgan fingerprint density at radius 2 is 2.05 bits per heavy atom. The number of sulfonamides is 1. The summed E-state index contributed by atoms with van der Waals surface area (Å²) in [6.45, 7) is 2.46. The minimum Gasteiger partial charge on any atom is -0.377 e. The van der Waals surface area contributed by atoms with Crippen molar-refractivity contribution in [1.29, 1.82) is 0 Å². The van der Waals surface area contributed by atoms with Gasteiger partial charge >= 0.3 is 0 Å². The second kappa shape index (κ2) is 5.40. The molecule has 1 N–H and O–H groups in total. The van der Waals surface area contributed by atoms with E-state index in [1.165, 1.54) is 16.7 Å². The van der Waals surface area contributed by atoms with Crippen LogP contribution in [0.2, 0.25) is 0 Å². The van der Waals surface area contributed by atoms with Crippen molar-refractivity contribution in [3.63, 3.8) is 0 Å². The number of rotatable bonds is 4. The molecule has 106 valence electrons. The third-order valence-corrected chi connectivity index (χ3v) is 5.17. The molecule has 2 heterocycles. The van der Waals surface area contributed by atoms with Crippen LogP contribution < -0.4 is 5.32 Å². The van der Waals surface area contributed by atoms with Crippen LogP contribution in [-0.2, 0) is 14.8 Å². The summed E-state index contributed by atoms with van der Waals surface area (Å²) < 4.78 is 31.6. The Balaban J connectivity index is 2.25. The van der Waals surface area contributed by atoms with E-state index in [1.807, 2.05) is 6.92 Å². The first-order valence-electron chi connectivity index (χ1n) is 6.06. The lowest BCUT2D eigenvalue weighted by molar-refractivity contribution is 0.102. The number of hydrogen-bond acceptors (Lipinski definition) is 6. The van der Waals surface area contributed by atoms with E-state index in [9.17, 15) is 8.42 Å². The summed E-state index contributed by atoms with van der Waals surface area (Å²) in [6.07, 6.45) is 3.22. The van der Waals surface area contributed by atoms with Crippen LogP contribution >= 0.6 is 0 Å². The second-order valence-electron chi connectivity index (χ2n) is 4.45. The van der Waals surface area contributed by atoms with E-state index in [0.29, 0.717) is 19.0 Å². The number of anilines is 1. The van der Waals surface area contributed by atoms with E-state index < -0.39 is 10.0 Å². The van der Waals surface area contributed by atoms with E-state index in [-0.39, 0.29) is 17.0 Å². The van der Waals surface area contributed by atoms with E-state index >= 15 is 0 Å². The Morgan fingerprint density at radius 1 is 1.42 bits per heavy atom. The predicted molar refractivity (Wildman–Crippen MR) is 70.3 cm³/mol. The summed E-state index contributed by atoms with van der Waals surface area (Å²) >= 11 is 0. The summed E-state index contributed by atoms with van der Waals surface area (Å²) in [5.41, 5.74) is 0. The number of ether oxygens (including phenoxy) is 1. The first-order chi connectivity index (χ1) is 8.96. The second-order valence-corrected chi connectivity index (χ2v) is 6.44. The Bertz CT molecular complexity index is 531. The molecule has 7 nitrogen and oxygen atoms in total. The summed E-state index contributed by atoms with van der Waals surface area (Å²) in [4.78, 5) is 7.96. The van der Waals surface area contributed by atoms with Crippen molar-refractivity contribution >= 4 is 16.0 Å². The van der Waals surface area contributed by atoms with Gasteiger partial charge in [0.05, 0.1) is 24.5 Å². The SMILES string of the molecule is CNc1ncc(S(=O)(=O)N(C)C2CCOC2C)cn1. The molecule has 0 saturated carbocycles. The minimum atomic E-state index is -3.58. The van der Waals surface area contributed by atoms with E-state index in [0.717, 1.165) is 0 Å². The van der Waals surface area contributed by atoms with Gasteiger partial charge in [0, 0.05) is 20.7 Å².